The van der Waals surface area contributed by atoms with E-state index in [1.165, 1.54) is 17.1 Å². The molecule has 0 unspecified atom stereocenters. The Bertz CT molecular complexity index is 449. The van der Waals surface area contributed by atoms with Crippen molar-refractivity contribution in [1.82, 2.24) is 5.01 Å². The van der Waals surface area contributed by atoms with Gasteiger partial charge in [-0.1, -0.05) is 0 Å². The summed E-state index contributed by atoms with van der Waals surface area (Å²) < 4.78 is 18.8. The molecule has 1 saturated heterocycles. The standard InChI is InChI=1S/C11H13FN2O4/c12-9-7-8(15)1-2-10(9)14(11(16)17)13-3-5-18-6-4-13/h1-2,7,15H,3-6H2,(H,16,17). The van der Waals surface area contributed by atoms with Crippen LogP contribution in [-0.2, 0) is 4.74 Å². The number of anilines is 1. The number of ether oxygens (including phenoxy) is 1. The second-order valence-corrected chi connectivity index (χ2v) is 3.80. The van der Waals surface area contributed by atoms with Crippen molar-refractivity contribution < 1.29 is 24.1 Å². The third-order valence-corrected chi connectivity index (χ3v) is 2.61. The van der Waals surface area contributed by atoms with Gasteiger partial charge in [0.25, 0.3) is 0 Å². The van der Waals surface area contributed by atoms with Crippen molar-refractivity contribution in [3.05, 3.63) is 24.0 Å². The summed E-state index contributed by atoms with van der Waals surface area (Å²) in [6, 6.07) is 3.36. The van der Waals surface area contributed by atoms with Crippen LogP contribution in [0.1, 0.15) is 0 Å². The number of aromatic hydroxyl groups is 1. The normalized spacial score (nSPS) is 16.5. The highest BCUT2D eigenvalue weighted by Gasteiger charge is 2.27. The minimum absolute atomic E-state index is 0.109. The lowest BCUT2D eigenvalue weighted by molar-refractivity contribution is 0.0320. The molecule has 0 saturated carbocycles. The summed E-state index contributed by atoms with van der Waals surface area (Å²) in [7, 11) is 0. The third-order valence-electron chi connectivity index (χ3n) is 2.61. The molecule has 6 nitrogen and oxygen atoms in total. The molecule has 98 valence electrons. The van der Waals surface area contributed by atoms with Crippen LogP contribution >= 0.6 is 0 Å². The Morgan fingerprint density at radius 2 is 2.06 bits per heavy atom. The Morgan fingerprint density at radius 1 is 1.39 bits per heavy atom. The SMILES string of the molecule is O=C(O)N(c1ccc(O)cc1F)N1CCOCC1. The monoisotopic (exact) mass is 256 g/mol. The molecule has 1 fully saturated rings. The zero-order valence-electron chi connectivity index (χ0n) is 9.54. The van der Waals surface area contributed by atoms with Gasteiger partial charge in [-0.15, -0.1) is 0 Å². The van der Waals surface area contributed by atoms with Crippen LogP contribution in [0, 0.1) is 5.82 Å². The van der Waals surface area contributed by atoms with E-state index in [0.717, 1.165) is 11.1 Å². The topological polar surface area (TPSA) is 73.2 Å². The van der Waals surface area contributed by atoms with Crippen LogP contribution in [0.25, 0.3) is 0 Å². The van der Waals surface area contributed by atoms with E-state index in [9.17, 15) is 14.3 Å². The zero-order valence-corrected chi connectivity index (χ0v) is 9.54. The van der Waals surface area contributed by atoms with Crippen molar-refractivity contribution in [2.45, 2.75) is 0 Å². The zero-order chi connectivity index (χ0) is 13.1. The summed E-state index contributed by atoms with van der Waals surface area (Å²) in [6.45, 7) is 1.52. The highest BCUT2D eigenvalue weighted by Crippen LogP contribution is 2.25. The largest absolute Gasteiger partial charge is 0.508 e. The van der Waals surface area contributed by atoms with Crippen molar-refractivity contribution >= 4 is 11.8 Å². The lowest BCUT2D eigenvalue weighted by Crippen LogP contribution is -2.51. The number of halogens is 1. The van der Waals surface area contributed by atoms with Crippen molar-refractivity contribution in [3.63, 3.8) is 0 Å². The summed E-state index contributed by atoms with van der Waals surface area (Å²) in [5, 5.41) is 20.6. The first-order valence-electron chi connectivity index (χ1n) is 5.44. The Balaban J connectivity index is 2.31. The molecular formula is C11H13FN2O4. The van der Waals surface area contributed by atoms with Gasteiger partial charge in [0.2, 0.25) is 0 Å². The number of benzene rings is 1. The maximum atomic E-state index is 13.7. The summed E-state index contributed by atoms with van der Waals surface area (Å²) in [5.41, 5.74) is -0.109. The van der Waals surface area contributed by atoms with Crippen molar-refractivity contribution in [2.75, 3.05) is 31.3 Å². The van der Waals surface area contributed by atoms with Crippen molar-refractivity contribution in [2.24, 2.45) is 0 Å². The smallest absolute Gasteiger partial charge is 0.426 e. The average Bonchev–Trinajstić information content (AvgIpc) is 2.33. The molecule has 1 aromatic carbocycles. The Hall–Kier alpha value is -1.86. The fourth-order valence-electron chi connectivity index (χ4n) is 1.80. The quantitative estimate of drug-likeness (QED) is 0.833. The van der Waals surface area contributed by atoms with E-state index in [4.69, 9.17) is 9.84 Å². The van der Waals surface area contributed by atoms with Gasteiger partial charge in [0.1, 0.15) is 11.4 Å². The fourth-order valence-corrected chi connectivity index (χ4v) is 1.80. The second-order valence-electron chi connectivity index (χ2n) is 3.80. The number of hydrogen-bond donors (Lipinski definition) is 2. The Kier molecular flexibility index (Phi) is 3.63. The molecule has 7 heteroatoms. The van der Waals surface area contributed by atoms with E-state index < -0.39 is 11.9 Å². The van der Waals surface area contributed by atoms with Crippen LogP contribution in [0.15, 0.2) is 18.2 Å². The number of hydrazine groups is 1. The lowest BCUT2D eigenvalue weighted by atomic mass is 10.3. The minimum atomic E-state index is -1.28. The van der Waals surface area contributed by atoms with Gasteiger partial charge in [0, 0.05) is 19.2 Å². The number of carbonyl (C=O) groups is 1. The molecule has 0 bridgehead atoms. The Labute approximate surface area is 103 Å². The van der Waals surface area contributed by atoms with Gasteiger partial charge < -0.3 is 14.9 Å². The average molecular weight is 256 g/mol. The van der Waals surface area contributed by atoms with E-state index in [2.05, 4.69) is 0 Å². The van der Waals surface area contributed by atoms with Gasteiger partial charge in [0.15, 0.2) is 5.82 Å². The molecule has 1 aliphatic rings. The molecule has 0 spiro atoms. The highest BCUT2D eigenvalue weighted by atomic mass is 19.1. The van der Waals surface area contributed by atoms with Crippen LogP contribution in [0.2, 0.25) is 0 Å². The van der Waals surface area contributed by atoms with Crippen molar-refractivity contribution in [3.8, 4) is 5.75 Å². The first-order chi connectivity index (χ1) is 8.59. The van der Waals surface area contributed by atoms with Gasteiger partial charge >= 0.3 is 6.09 Å². The van der Waals surface area contributed by atoms with Crippen LogP contribution in [0.3, 0.4) is 0 Å². The summed E-state index contributed by atoms with van der Waals surface area (Å²) in [5.74, 6) is -1.03. The van der Waals surface area contributed by atoms with Crippen molar-refractivity contribution in [1.29, 1.82) is 0 Å². The number of carboxylic acid groups (broad SMARTS) is 1. The van der Waals surface area contributed by atoms with E-state index in [1.807, 2.05) is 0 Å². The minimum Gasteiger partial charge on any atom is -0.508 e. The number of morpholine rings is 1. The summed E-state index contributed by atoms with van der Waals surface area (Å²) in [6.07, 6.45) is -1.28. The van der Waals surface area contributed by atoms with Gasteiger partial charge in [-0.05, 0) is 12.1 Å². The number of phenols is 1. The van der Waals surface area contributed by atoms with Gasteiger partial charge in [-0.25, -0.2) is 19.2 Å². The van der Waals surface area contributed by atoms with Gasteiger partial charge in [-0.2, -0.15) is 0 Å². The lowest BCUT2D eigenvalue weighted by Gasteiger charge is -2.35. The molecule has 1 aliphatic heterocycles. The molecule has 18 heavy (non-hydrogen) atoms. The predicted molar refractivity (Wildman–Crippen MR) is 61.0 cm³/mol. The van der Waals surface area contributed by atoms with Crippen LogP contribution in [0.5, 0.6) is 5.75 Å². The summed E-state index contributed by atoms with van der Waals surface area (Å²) in [4.78, 5) is 11.3. The van der Waals surface area contributed by atoms with Gasteiger partial charge in [0.05, 0.1) is 13.2 Å². The number of phenolic OH excluding ortho intramolecular Hbond substituents is 1. The fraction of sp³-hybridized carbons (Fsp3) is 0.364. The molecule has 1 amide bonds. The van der Waals surface area contributed by atoms with Gasteiger partial charge in [-0.3, -0.25) is 0 Å². The number of nitrogens with zero attached hydrogens (tertiary/aromatic N) is 2. The number of rotatable bonds is 2. The molecular weight excluding hydrogens is 243 g/mol. The summed E-state index contributed by atoms with van der Waals surface area (Å²) >= 11 is 0. The third kappa shape index (κ3) is 2.52. The molecule has 2 rings (SSSR count). The van der Waals surface area contributed by atoms with E-state index in [0.29, 0.717) is 26.3 Å². The molecule has 0 aliphatic carbocycles. The van der Waals surface area contributed by atoms with Crippen LogP contribution in [-0.4, -0.2) is 47.6 Å². The van der Waals surface area contributed by atoms with E-state index >= 15 is 0 Å². The molecule has 1 aromatic rings. The maximum Gasteiger partial charge on any atom is 0.426 e. The van der Waals surface area contributed by atoms with E-state index in [-0.39, 0.29) is 11.4 Å². The molecule has 0 radical (unpaired) electrons. The Morgan fingerprint density at radius 3 is 2.61 bits per heavy atom. The first kappa shape index (κ1) is 12.6. The molecule has 0 aromatic heterocycles. The first-order valence-corrected chi connectivity index (χ1v) is 5.44. The molecule has 2 N–H and O–H groups in total. The number of amides is 1. The van der Waals surface area contributed by atoms with Crippen LogP contribution in [0.4, 0.5) is 14.9 Å². The molecule has 0 atom stereocenters. The highest BCUT2D eigenvalue weighted by molar-refractivity contribution is 5.85. The maximum absolute atomic E-state index is 13.7. The van der Waals surface area contributed by atoms with E-state index in [1.54, 1.807) is 0 Å². The molecule has 1 heterocycles. The second kappa shape index (κ2) is 5.19. The van der Waals surface area contributed by atoms with Crippen LogP contribution < -0.4 is 5.01 Å². The number of hydrogen-bond acceptors (Lipinski definition) is 4. The predicted octanol–water partition coefficient (Wildman–Crippen LogP) is 1.26.